The first-order chi connectivity index (χ1) is 11.9. The first-order valence-corrected chi connectivity index (χ1v) is 10.0. The maximum atomic E-state index is 12.9. The number of rotatable bonds is 3. The number of hydrogen-bond donors (Lipinski definition) is 0. The summed E-state index contributed by atoms with van der Waals surface area (Å²) in [6, 6.07) is 8.07. The van der Waals surface area contributed by atoms with Crippen molar-refractivity contribution in [3.8, 4) is 0 Å². The third kappa shape index (κ3) is 3.67. The Balaban J connectivity index is 1.93. The Labute approximate surface area is 148 Å². The highest BCUT2D eigenvalue weighted by Gasteiger charge is 2.26. The fourth-order valence-corrected chi connectivity index (χ4v) is 4.74. The normalized spacial score (nSPS) is 16.6. The summed E-state index contributed by atoms with van der Waals surface area (Å²) < 4.78 is 28.7. The Bertz CT molecular complexity index is 879. The number of carbonyl (C=O) groups is 1. The molecule has 134 valence electrons. The van der Waals surface area contributed by atoms with Gasteiger partial charge in [0.1, 0.15) is 0 Å². The summed E-state index contributed by atoms with van der Waals surface area (Å²) in [6.45, 7) is 4.70. The SMILES string of the molecule is Cc1cc(C)n(C(=O)c2cccc(S(=O)(=O)N3CCCCCC3)c2)n1. The van der Waals surface area contributed by atoms with Gasteiger partial charge >= 0.3 is 0 Å². The topological polar surface area (TPSA) is 72.3 Å². The summed E-state index contributed by atoms with van der Waals surface area (Å²) in [7, 11) is -3.58. The number of aryl methyl sites for hydroxylation is 2. The molecule has 2 heterocycles. The maximum Gasteiger partial charge on any atom is 0.278 e. The first kappa shape index (κ1) is 17.8. The van der Waals surface area contributed by atoms with E-state index in [1.165, 1.54) is 15.1 Å². The zero-order chi connectivity index (χ0) is 18.0. The van der Waals surface area contributed by atoms with Gasteiger partial charge < -0.3 is 0 Å². The van der Waals surface area contributed by atoms with Crippen LogP contribution in [0.5, 0.6) is 0 Å². The molecule has 0 bridgehead atoms. The van der Waals surface area contributed by atoms with Gasteiger partial charge in [-0.05, 0) is 51.0 Å². The Hall–Kier alpha value is -1.99. The van der Waals surface area contributed by atoms with Crippen molar-refractivity contribution in [2.75, 3.05) is 13.1 Å². The molecular formula is C18H23N3O3S. The number of benzene rings is 1. The van der Waals surface area contributed by atoms with Crippen LogP contribution in [-0.4, -0.2) is 41.5 Å². The van der Waals surface area contributed by atoms with E-state index in [9.17, 15) is 13.2 Å². The molecule has 0 aliphatic carbocycles. The quantitative estimate of drug-likeness (QED) is 0.843. The summed E-state index contributed by atoms with van der Waals surface area (Å²) in [6.07, 6.45) is 3.87. The van der Waals surface area contributed by atoms with Gasteiger partial charge in [-0.1, -0.05) is 18.9 Å². The molecule has 0 N–H and O–H groups in total. The lowest BCUT2D eigenvalue weighted by molar-refractivity contribution is 0.0942. The minimum atomic E-state index is -3.58. The van der Waals surface area contributed by atoms with Crippen molar-refractivity contribution in [2.24, 2.45) is 0 Å². The molecule has 1 aliphatic heterocycles. The Morgan fingerprint density at radius 1 is 1.04 bits per heavy atom. The van der Waals surface area contributed by atoms with E-state index in [2.05, 4.69) is 5.10 Å². The molecule has 1 aromatic heterocycles. The first-order valence-electron chi connectivity index (χ1n) is 8.58. The van der Waals surface area contributed by atoms with Crippen LogP contribution >= 0.6 is 0 Å². The average Bonchev–Trinajstić information content (AvgIpc) is 2.81. The fourth-order valence-electron chi connectivity index (χ4n) is 3.18. The second kappa shape index (κ2) is 7.09. The highest BCUT2D eigenvalue weighted by atomic mass is 32.2. The molecule has 1 fully saturated rings. The molecule has 7 heteroatoms. The van der Waals surface area contributed by atoms with Gasteiger partial charge in [-0.25, -0.2) is 13.1 Å². The smallest absolute Gasteiger partial charge is 0.267 e. The maximum absolute atomic E-state index is 12.9. The number of sulfonamides is 1. The lowest BCUT2D eigenvalue weighted by atomic mass is 10.2. The number of nitrogens with zero attached hydrogens (tertiary/aromatic N) is 3. The van der Waals surface area contributed by atoms with Gasteiger partial charge in [0.2, 0.25) is 10.0 Å². The van der Waals surface area contributed by atoms with Gasteiger partial charge in [-0.2, -0.15) is 9.40 Å². The molecule has 1 aliphatic rings. The van der Waals surface area contributed by atoms with Crippen molar-refractivity contribution in [2.45, 2.75) is 44.4 Å². The van der Waals surface area contributed by atoms with E-state index < -0.39 is 10.0 Å². The lowest BCUT2D eigenvalue weighted by Gasteiger charge is -2.20. The van der Waals surface area contributed by atoms with Crippen LogP contribution in [0.4, 0.5) is 0 Å². The third-order valence-electron chi connectivity index (χ3n) is 4.49. The van der Waals surface area contributed by atoms with E-state index in [-0.39, 0.29) is 10.8 Å². The molecule has 25 heavy (non-hydrogen) atoms. The molecule has 6 nitrogen and oxygen atoms in total. The predicted octanol–water partition coefficient (Wildman–Crippen LogP) is 2.75. The molecule has 2 aromatic rings. The highest BCUT2D eigenvalue weighted by Crippen LogP contribution is 2.21. The van der Waals surface area contributed by atoms with Crippen molar-refractivity contribution in [3.05, 3.63) is 47.3 Å². The molecular weight excluding hydrogens is 338 g/mol. The molecule has 0 saturated carbocycles. The van der Waals surface area contributed by atoms with Crippen molar-refractivity contribution >= 4 is 15.9 Å². The van der Waals surface area contributed by atoms with Crippen LogP contribution in [0.2, 0.25) is 0 Å². The largest absolute Gasteiger partial charge is 0.278 e. The third-order valence-corrected chi connectivity index (χ3v) is 6.38. The molecule has 3 rings (SSSR count). The minimum absolute atomic E-state index is 0.168. The second-order valence-electron chi connectivity index (χ2n) is 6.49. The Kier molecular flexibility index (Phi) is 5.06. The van der Waals surface area contributed by atoms with Gasteiger partial charge in [0.25, 0.3) is 5.91 Å². The molecule has 0 amide bonds. The molecule has 0 atom stereocenters. The van der Waals surface area contributed by atoms with E-state index in [1.807, 2.05) is 13.0 Å². The summed E-state index contributed by atoms with van der Waals surface area (Å²) in [4.78, 5) is 12.9. The summed E-state index contributed by atoms with van der Waals surface area (Å²) in [5.41, 5.74) is 1.80. The van der Waals surface area contributed by atoms with Gasteiger partial charge in [0.15, 0.2) is 0 Å². The molecule has 0 radical (unpaired) electrons. The van der Waals surface area contributed by atoms with Gasteiger partial charge in [-0.15, -0.1) is 0 Å². The summed E-state index contributed by atoms with van der Waals surface area (Å²) >= 11 is 0. The minimum Gasteiger partial charge on any atom is -0.267 e. The molecule has 1 saturated heterocycles. The average molecular weight is 361 g/mol. The molecule has 0 spiro atoms. The van der Waals surface area contributed by atoms with Crippen molar-refractivity contribution in [1.82, 2.24) is 14.1 Å². The van der Waals surface area contributed by atoms with Crippen LogP contribution < -0.4 is 0 Å². The van der Waals surface area contributed by atoms with E-state index in [0.717, 1.165) is 37.1 Å². The number of carbonyl (C=O) groups excluding carboxylic acids is 1. The van der Waals surface area contributed by atoms with Crippen LogP contribution in [0.15, 0.2) is 35.2 Å². The highest BCUT2D eigenvalue weighted by molar-refractivity contribution is 7.89. The van der Waals surface area contributed by atoms with Crippen molar-refractivity contribution in [1.29, 1.82) is 0 Å². The summed E-state index contributed by atoms with van der Waals surface area (Å²) in [5.74, 6) is -0.321. The lowest BCUT2D eigenvalue weighted by Crippen LogP contribution is -2.32. The molecule has 1 aromatic carbocycles. The summed E-state index contributed by atoms with van der Waals surface area (Å²) in [5, 5.41) is 4.19. The Morgan fingerprint density at radius 3 is 2.32 bits per heavy atom. The zero-order valence-corrected chi connectivity index (χ0v) is 15.4. The van der Waals surface area contributed by atoms with E-state index in [0.29, 0.717) is 18.7 Å². The van der Waals surface area contributed by atoms with E-state index in [4.69, 9.17) is 0 Å². The zero-order valence-electron chi connectivity index (χ0n) is 14.6. The van der Waals surface area contributed by atoms with E-state index >= 15 is 0 Å². The van der Waals surface area contributed by atoms with E-state index in [1.54, 1.807) is 25.1 Å². The van der Waals surface area contributed by atoms with Crippen LogP contribution in [0.1, 0.15) is 47.4 Å². The predicted molar refractivity (Wildman–Crippen MR) is 95.1 cm³/mol. The van der Waals surface area contributed by atoms with Crippen LogP contribution in [0, 0.1) is 13.8 Å². The number of hydrogen-bond acceptors (Lipinski definition) is 4. The van der Waals surface area contributed by atoms with Crippen LogP contribution in [-0.2, 0) is 10.0 Å². The fraction of sp³-hybridized carbons (Fsp3) is 0.444. The number of aromatic nitrogens is 2. The van der Waals surface area contributed by atoms with Crippen molar-refractivity contribution in [3.63, 3.8) is 0 Å². The van der Waals surface area contributed by atoms with Crippen molar-refractivity contribution < 1.29 is 13.2 Å². The second-order valence-corrected chi connectivity index (χ2v) is 8.43. The monoisotopic (exact) mass is 361 g/mol. The van der Waals surface area contributed by atoms with Gasteiger partial charge in [0.05, 0.1) is 10.6 Å². The standard InChI is InChI=1S/C18H23N3O3S/c1-14-12-15(2)21(19-14)18(22)16-8-7-9-17(13-16)25(23,24)20-10-5-3-4-6-11-20/h7-9,12-13H,3-6,10-11H2,1-2H3. The van der Waals surface area contributed by atoms with Crippen LogP contribution in [0.3, 0.4) is 0 Å². The van der Waals surface area contributed by atoms with Crippen LogP contribution in [0.25, 0.3) is 0 Å². The van der Waals surface area contributed by atoms with Gasteiger partial charge in [-0.3, -0.25) is 4.79 Å². The van der Waals surface area contributed by atoms with Gasteiger partial charge in [0, 0.05) is 24.3 Å². The molecule has 0 unspecified atom stereocenters. The Morgan fingerprint density at radius 2 is 1.72 bits per heavy atom.